The highest BCUT2D eigenvalue weighted by atomic mass is 32.2. The molecular formula is C20H22F3N3O4S. The first kappa shape index (κ1) is 23.2. The molecule has 0 amide bonds. The van der Waals surface area contributed by atoms with Crippen LogP contribution < -0.4 is 16.8 Å². The zero-order valence-corrected chi connectivity index (χ0v) is 16.9. The molecule has 0 bridgehead atoms. The quantitative estimate of drug-likeness (QED) is 0.281. The number of halogens is 3. The minimum Gasteiger partial charge on any atom is -0.399 e. The lowest BCUT2D eigenvalue weighted by Crippen LogP contribution is -2.62. The first-order chi connectivity index (χ1) is 14.7. The summed E-state index contributed by atoms with van der Waals surface area (Å²) in [5.41, 5.74) is 10.9. The zero-order chi connectivity index (χ0) is 22.7. The van der Waals surface area contributed by atoms with Crippen molar-refractivity contribution in [1.29, 1.82) is 0 Å². The van der Waals surface area contributed by atoms with Gasteiger partial charge in [0.1, 0.15) is 23.7 Å². The molecule has 0 aromatic heterocycles. The van der Waals surface area contributed by atoms with Gasteiger partial charge >= 0.3 is 0 Å². The second-order valence-electron chi connectivity index (χ2n) is 6.94. The Balaban J connectivity index is 1.79. The Hall–Kier alpha value is -2.44. The van der Waals surface area contributed by atoms with Crippen LogP contribution >= 0.6 is 11.8 Å². The van der Waals surface area contributed by atoms with E-state index >= 15 is 0 Å². The lowest BCUT2D eigenvalue weighted by molar-refractivity contribution is -0.164. The molecule has 0 saturated carbocycles. The Labute approximate surface area is 180 Å². The summed E-state index contributed by atoms with van der Waals surface area (Å²) in [6.45, 7) is -0.515. The van der Waals surface area contributed by atoms with Gasteiger partial charge in [0, 0.05) is 22.3 Å². The van der Waals surface area contributed by atoms with Crippen LogP contribution in [0.4, 0.5) is 18.9 Å². The highest BCUT2D eigenvalue weighted by Crippen LogP contribution is 2.33. The molecule has 3 rings (SSSR count). The second kappa shape index (κ2) is 9.79. The van der Waals surface area contributed by atoms with E-state index in [1.807, 2.05) is 0 Å². The van der Waals surface area contributed by atoms with Crippen molar-refractivity contribution in [3.05, 3.63) is 65.6 Å². The predicted octanol–water partition coefficient (Wildman–Crippen LogP) is 1.13. The van der Waals surface area contributed by atoms with Crippen LogP contribution in [-0.4, -0.2) is 51.7 Å². The fourth-order valence-corrected chi connectivity index (χ4v) is 4.12. The molecule has 7 nitrogen and oxygen atoms in total. The number of rotatable bonds is 6. The van der Waals surface area contributed by atoms with E-state index in [2.05, 4.69) is 5.32 Å². The lowest BCUT2D eigenvalue weighted by atomic mass is 9.97. The fourth-order valence-electron chi connectivity index (χ4n) is 3.05. The van der Waals surface area contributed by atoms with Crippen molar-refractivity contribution in [3.63, 3.8) is 0 Å². The first-order valence-electron chi connectivity index (χ1n) is 9.22. The van der Waals surface area contributed by atoms with Crippen LogP contribution in [0.3, 0.4) is 0 Å². The average molecular weight is 457 g/mol. The summed E-state index contributed by atoms with van der Waals surface area (Å²) in [5, 5.41) is 33.4. The van der Waals surface area contributed by atoms with E-state index in [4.69, 9.17) is 16.2 Å². The van der Waals surface area contributed by atoms with Crippen molar-refractivity contribution >= 4 is 23.1 Å². The van der Waals surface area contributed by atoms with Gasteiger partial charge in [-0.1, -0.05) is 11.8 Å². The van der Waals surface area contributed by atoms with E-state index in [0.717, 1.165) is 35.0 Å². The van der Waals surface area contributed by atoms with Crippen molar-refractivity contribution in [2.45, 2.75) is 34.7 Å². The van der Waals surface area contributed by atoms with E-state index < -0.39 is 53.8 Å². The van der Waals surface area contributed by atoms with Gasteiger partial charge in [0.25, 0.3) is 0 Å². The van der Waals surface area contributed by atoms with E-state index in [1.54, 1.807) is 24.3 Å². The molecule has 1 fully saturated rings. The minimum atomic E-state index is -1.62. The predicted molar refractivity (Wildman–Crippen MR) is 110 cm³/mol. The summed E-state index contributed by atoms with van der Waals surface area (Å²) in [6.07, 6.45) is -2.46. The van der Waals surface area contributed by atoms with Crippen LogP contribution in [0.25, 0.3) is 5.70 Å². The Morgan fingerprint density at radius 2 is 1.71 bits per heavy atom. The Bertz CT molecular complexity index is 925. The van der Waals surface area contributed by atoms with E-state index in [1.165, 1.54) is 0 Å². The van der Waals surface area contributed by atoms with Gasteiger partial charge in [0.2, 0.25) is 0 Å². The summed E-state index contributed by atoms with van der Waals surface area (Å²) in [4.78, 5) is 0.734. The molecule has 1 aliphatic rings. The van der Waals surface area contributed by atoms with Gasteiger partial charge in [0.15, 0.2) is 17.5 Å². The monoisotopic (exact) mass is 457 g/mol. The van der Waals surface area contributed by atoms with Crippen LogP contribution in [0.5, 0.6) is 0 Å². The average Bonchev–Trinajstić information content (AvgIpc) is 2.74. The molecule has 2 aromatic rings. The number of nitrogens with one attached hydrogen (secondary N) is 1. The summed E-state index contributed by atoms with van der Waals surface area (Å²) >= 11 is 1.16. The van der Waals surface area contributed by atoms with Crippen LogP contribution in [0.15, 0.2) is 47.5 Å². The Morgan fingerprint density at radius 3 is 2.29 bits per heavy atom. The number of hydrogen-bond acceptors (Lipinski definition) is 8. The van der Waals surface area contributed by atoms with E-state index in [0.29, 0.717) is 5.69 Å². The van der Waals surface area contributed by atoms with Crippen LogP contribution in [-0.2, 0) is 4.74 Å². The molecule has 2 aromatic carbocycles. The minimum absolute atomic E-state index is 0.133. The lowest BCUT2D eigenvalue weighted by Gasteiger charge is -2.42. The molecule has 11 heteroatoms. The summed E-state index contributed by atoms with van der Waals surface area (Å²) < 4.78 is 45.6. The summed E-state index contributed by atoms with van der Waals surface area (Å²) in [6, 6.07) is 7.22. The third-order valence-electron chi connectivity index (χ3n) is 4.77. The van der Waals surface area contributed by atoms with Crippen LogP contribution in [0.2, 0.25) is 0 Å². The summed E-state index contributed by atoms with van der Waals surface area (Å²) in [5.74, 6) is -4.43. The molecule has 5 unspecified atom stereocenters. The third-order valence-corrected chi connectivity index (χ3v) is 5.93. The zero-order valence-electron chi connectivity index (χ0n) is 16.1. The molecule has 168 valence electrons. The number of anilines is 1. The van der Waals surface area contributed by atoms with Crippen molar-refractivity contribution in [2.24, 2.45) is 5.73 Å². The van der Waals surface area contributed by atoms with Crippen LogP contribution in [0.1, 0.15) is 5.56 Å². The number of hydrogen-bond donors (Lipinski definition) is 6. The SMILES string of the molecule is N/C(=C\NC1C(O)C(CO)OC(Sc2ccc(N)cc2)C1O)c1cc(F)c(F)c(F)c1. The number of ether oxygens (including phenoxy) is 1. The largest absolute Gasteiger partial charge is 0.399 e. The van der Waals surface area contributed by atoms with Gasteiger partial charge in [0.05, 0.1) is 18.3 Å². The van der Waals surface area contributed by atoms with Crippen molar-refractivity contribution in [1.82, 2.24) is 5.32 Å². The smallest absolute Gasteiger partial charge is 0.194 e. The number of benzene rings is 2. The topological polar surface area (TPSA) is 134 Å². The van der Waals surface area contributed by atoms with Gasteiger partial charge in [-0.25, -0.2) is 13.2 Å². The maximum absolute atomic E-state index is 13.4. The number of nitrogen functional groups attached to an aromatic ring is 1. The first-order valence-corrected chi connectivity index (χ1v) is 10.1. The summed E-state index contributed by atoms with van der Waals surface area (Å²) in [7, 11) is 0. The number of aliphatic hydroxyl groups excluding tert-OH is 3. The second-order valence-corrected chi connectivity index (χ2v) is 8.11. The molecule has 0 radical (unpaired) electrons. The molecule has 0 aliphatic carbocycles. The normalized spacial score (nSPS) is 26.6. The van der Waals surface area contributed by atoms with Gasteiger partial charge in [-0.05, 0) is 36.4 Å². The number of aliphatic hydroxyl groups is 3. The number of nitrogens with two attached hydrogens (primary N) is 2. The standard InChI is InChI=1S/C20H22F3N3O4S/c21-12-5-9(6-13(22)16(12)23)14(25)7-26-17-18(28)15(8-27)30-20(19(17)29)31-11-3-1-10(24)2-4-11/h1-7,15,17-20,26-29H,8,24-25H2/b14-7-. The molecule has 1 heterocycles. The highest BCUT2D eigenvalue weighted by Gasteiger charge is 2.44. The molecule has 5 atom stereocenters. The van der Waals surface area contributed by atoms with Crippen LogP contribution in [0, 0.1) is 17.5 Å². The Kier molecular flexibility index (Phi) is 7.34. The van der Waals surface area contributed by atoms with E-state index in [-0.39, 0.29) is 11.3 Å². The fraction of sp³-hybridized carbons (Fsp3) is 0.300. The highest BCUT2D eigenvalue weighted by molar-refractivity contribution is 7.99. The maximum Gasteiger partial charge on any atom is 0.194 e. The van der Waals surface area contributed by atoms with Gasteiger partial charge < -0.3 is 36.8 Å². The molecule has 31 heavy (non-hydrogen) atoms. The van der Waals surface area contributed by atoms with Crippen molar-refractivity contribution in [2.75, 3.05) is 12.3 Å². The van der Waals surface area contributed by atoms with Gasteiger partial charge in [-0.3, -0.25) is 0 Å². The molecule has 0 spiro atoms. The number of thioether (sulfide) groups is 1. The van der Waals surface area contributed by atoms with Crippen molar-refractivity contribution < 1.29 is 33.2 Å². The Morgan fingerprint density at radius 1 is 1.10 bits per heavy atom. The van der Waals surface area contributed by atoms with Crippen molar-refractivity contribution in [3.8, 4) is 0 Å². The molecule has 8 N–H and O–H groups in total. The van der Waals surface area contributed by atoms with E-state index in [9.17, 15) is 28.5 Å². The third kappa shape index (κ3) is 5.25. The molecule has 1 aliphatic heterocycles. The maximum atomic E-state index is 13.4. The van der Waals surface area contributed by atoms with Gasteiger partial charge in [-0.15, -0.1) is 0 Å². The van der Waals surface area contributed by atoms with Gasteiger partial charge in [-0.2, -0.15) is 0 Å². The molecular weight excluding hydrogens is 435 g/mol. The molecule has 1 saturated heterocycles.